The van der Waals surface area contributed by atoms with Crippen LogP contribution in [0.5, 0.6) is 0 Å². The normalized spacial score (nSPS) is 10.7. The van der Waals surface area contributed by atoms with E-state index in [0.29, 0.717) is 11.6 Å². The number of pyridine rings is 1. The fraction of sp³-hybridized carbons (Fsp3) is 0.250. The number of nitrogens with two attached hydrogens (primary N) is 1. The van der Waals surface area contributed by atoms with Crippen LogP contribution in [0.25, 0.3) is 0 Å². The Morgan fingerprint density at radius 3 is 2.72 bits per heavy atom. The van der Waals surface area contributed by atoms with Gasteiger partial charge in [0.05, 0.1) is 15.9 Å². The van der Waals surface area contributed by atoms with Crippen molar-refractivity contribution < 1.29 is 0 Å². The zero-order chi connectivity index (χ0) is 13.1. The number of hydrogen-bond donors (Lipinski definition) is 1. The summed E-state index contributed by atoms with van der Waals surface area (Å²) in [5.74, 6) is 0.749. The van der Waals surface area contributed by atoms with Crippen molar-refractivity contribution in [3.8, 4) is 0 Å². The summed E-state index contributed by atoms with van der Waals surface area (Å²) in [6.07, 6.45) is 1.75. The molecule has 96 valence electrons. The second-order valence-corrected chi connectivity index (χ2v) is 6.12. The maximum atomic E-state index is 6.19. The molecular formula is C12H13Cl2N3S. The fourth-order valence-corrected chi connectivity index (χ4v) is 3.08. The van der Waals surface area contributed by atoms with Crippen LogP contribution in [0.1, 0.15) is 10.4 Å². The SMILES string of the molecule is CN(Cc1ccc(Cl)s1)c1ncc(CN)cc1Cl. The van der Waals surface area contributed by atoms with Crippen LogP contribution in [0, 0.1) is 0 Å². The van der Waals surface area contributed by atoms with Crippen LogP contribution in [0.3, 0.4) is 0 Å². The van der Waals surface area contributed by atoms with Gasteiger partial charge in [-0.15, -0.1) is 11.3 Å². The van der Waals surface area contributed by atoms with E-state index >= 15 is 0 Å². The molecule has 0 amide bonds. The largest absolute Gasteiger partial charge is 0.353 e. The molecule has 0 aliphatic rings. The minimum Gasteiger partial charge on any atom is -0.353 e. The van der Waals surface area contributed by atoms with Crippen LogP contribution in [-0.4, -0.2) is 12.0 Å². The van der Waals surface area contributed by atoms with Gasteiger partial charge in [-0.2, -0.15) is 0 Å². The van der Waals surface area contributed by atoms with Gasteiger partial charge >= 0.3 is 0 Å². The zero-order valence-corrected chi connectivity index (χ0v) is 12.2. The van der Waals surface area contributed by atoms with E-state index in [1.54, 1.807) is 17.5 Å². The van der Waals surface area contributed by atoms with Gasteiger partial charge in [0, 0.05) is 24.7 Å². The van der Waals surface area contributed by atoms with Crippen LogP contribution in [-0.2, 0) is 13.1 Å². The van der Waals surface area contributed by atoms with Gasteiger partial charge in [0.15, 0.2) is 0 Å². The molecule has 2 heterocycles. The lowest BCUT2D eigenvalue weighted by molar-refractivity contribution is 0.907. The minimum absolute atomic E-state index is 0.442. The number of hydrogen-bond acceptors (Lipinski definition) is 4. The van der Waals surface area contributed by atoms with E-state index in [2.05, 4.69) is 4.98 Å². The lowest BCUT2D eigenvalue weighted by Gasteiger charge is -2.18. The number of thiophene rings is 1. The highest BCUT2D eigenvalue weighted by atomic mass is 35.5. The summed E-state index contributed by atoms with van der Waals surface area (Å²) in [4.78, 5) is 7.50. The van der Waals surface area contributed by atoms with Crippen molar-refractivity contribution in [3.05, 3.63) is 44.2 Å². The molecule has 0 spiro atoms. The van der Waals surface area contributed by atoms with Gasteiger partial charge in [0.25, 0.3) is 0 Å². The summed E-state index contributed by atoms with van der Waals surface area (Å²) in [7, 11) is 1.95. The van der Waals surface area contributed by atoms with E-state index in [9.17, 15) is 0 Å². The predicted molar refractivity (Wildman–Crippen MR) is 78.6 cm³/mol. The zero-order valence-electron chi connectivity index (χ0n) is 9.86. The minimum atomic E-state index is 0.442. The lowest BCUT2D eigenvalue weighted by Crippen LogP contribution is -2.17. The Hall–Kier alpha value is -0.810. The predicted octanol–water partition coefficient (Wildman–Crippen LogP) is 3.55. The standard InChI is InChI=1S/C12H13Cl2N3S/c1-17(7-9-2-3-11(14)18-9)12-10(13)4-8(5-15)6-16-12/h2-4,6H,5,7,15H2,1H3. The van der Waals surface area contributed by atoms with Crippen LogP contribution >= 0.6 is 34.5 Å². The van der Waals surface area contributed by atoms with Crippen molar-refractivity contribution in [2.24, 2.45) is 5.73 Å². The van der Waals surface area contributed by atoms with Gasteiger partial charge in [0.2, 0.25) is 0 Å². The maximum Gasteiger partial charge on any atom is 0.147 e. The average Bonchev–Trinajstić information content (AvgIpc) is 2.74. The molecule has 0 radical (unpaired) electrons. The highest BCUT2D eigenvalue weighted by Gasteiger charge is 2.10. The molecule has 0 fully saturated rings. The lowest BCUT2D eigenvalue weighted by atomic mass is 10.3. The van der Waals surface area contributed by atoms with Gasteiger partial charge in [0.1, 0.15) is 5.82 Å². The Labute approximate surface area is 120 Å². The molecule has 3 nitrogen and oxygen atoms in total. The van der Waals surface area contributed by atoms with Crippen molar-refractivity contribution >= 4 is 40.4 Å². The van der Waals surface area contributed by atoms with E-state index in [1.165, 1.54) is 4.88 Å². The number of anilines is 1. The van der Waals surface area contributed by atoms with Gasteiger partial charge in [-0.1, -0.05) is 23.2 Å². The monoisotopic (exact) mass is 301 g/mol. The number of rotatable bonds is 4. The molecule has 0 atom stereocenters. The summed E-state index contributed by atoms with van der Waals surface area (Å²) in [5, 5.41) is 0.614. The van der Waals surface area contributed by atoms with Crippen molar-refractivity contribution in [2.45, 2.75) is 13.1 Å². The Morgan fingerprint density at radius 2 is 2.17 bits per heavy atom. The summed E-state index contributed by atoms with van der Waals surface area (Å²) in [6.45, 7) is 1.17. The first kappa shape index (κ1) is 13.6. The summed E-state index contributed by atoms with van der Waals surface area (Å²) >= 11 is 13.7. The first-order valence-corrected chi connectivity index (χ1v) is 6.97. The molecule has 2 rings (SSSR count). The average molecular weight is 302 g/mol. The molecule has 0 bridgehead atoms. The third-order valence-corrected chi connectivity index (χ3v) is 3.99. The number of aromatic nitrogens is 1. The van der Waals surface area contributed by atoms with Crippen LogP contribution < -0.4 is 10.6 Å². The highest BCUT2D eigenvalue weighted by Crippen LogP contribution is 2.27. The molecule has 2 N–H and O–H groups in total. The van der Waals surface area contributed by atoms with Gasteiger partial charge in [-0.25, -0.2) is 4.98 Å². The Kier molecular flexibility index (Phi) is 4.45. The molecule has 0 aliphatic heterocycles. The highest BCUT2D eigenvalue weighted by molar-refractivity contribution is 7.16. The molecule has 0 saturated heterocycles. The topological polar surface area (TPSA) is 42.2 Å². The molecule has 0 aromatic carbocycles. The van der Waals surface area contributed by atoms with Gasteiger partial charge in [-0.05, 0) is 23.8 Å². The maximum absolute atomic E-state index is 6.19. The van der Waals surface area contributed by atoms with E-state index in [-0.39, 0.29) is 0 Å². The van der Waals surface area contributed by atoms with Crippen molar-refractivity contribution in [2.75, 3.05) is 11.9 Å². The second-order valence-electron chi connectivity index (χ2n) is 3.92. The summed E-state index contributed by atoms with van der Waals surface area (Å²) in [5.41, 5.74) is 6.47. The molecular weight excluding hydrogens is 289 g/mol. The van der Waals surface area contributed by atoms with E-state index < -0.39 is 0 Å². The Balaban J connectivity index is 2.15. The second kappa shape index (κ2) is 5.89. The summed E-state index contributed by atoms with van der Waals surface area (Å²) in [6, 6.07) is 5.75. The smallest absolute Gasteiger partial charge is 0.147 e. The third-order valence-electron chi connectivity index (χ3n) is 2.50. The third kappa shape index (κ3) is 3.14. The van der Waals surface area contributed by atoms with E-state index in [4.69, 9.17) is 28.9 Å². The molecule has 0 saturated carbocycles. The molecule has 2 aromatic rings. The molecule has 0 aliphatic carbocycles. The van der Waals surface area contributed by atoms with Crippen LogP contribution in [0.4, 0.5) is 5.82 Å². The van der Waals surface area contributed by atoms with Crippen molar-refractivity contribution in [1.29, 1.82) is 0 Å². The van der Waals surface area contributed by atoms with Crippen LogP contribution in [0.2, 0.25) is 9.36 Å². The number of halogens is 2. The first-order chi connectivity index (χ1) is 8.60. The van der Waals surface area contributed by atoms with Gasteiger partial charge < -0.3 is 10.6 Å². The quantitative estimate of drug-likeness (QED) is 0.939. The fourth-order valence-electron chi connectivity index (χ4n) is 1.61. The van der Waals surface area contributed by atoms with Crippen molar-refractivity contribution in [3.63, 3.8) is 0 Å². The van der Waals surface area contributed by atoms with E-state index in [0.717, 1.165) is 22.3 Å². The van der Waals surface area contributed by atoms with Crippen LogP contribution in [0.15, 0.2) is 24.4 Å². The van der Waals surface area contributed by atoms with Gasteiger partial charge in [-0.3, -0.25) is 0 Å². The Morgan fingerprint density at radius 1 is 1.39 bits per heavy atom. The molecule has 2 aromatic heterocycles. The summed E-state index contributed by atoms with van der Waals surface area (Å²) < 4.78 is 0.788. The molecule has 6 heteroatoms. The Bertz CT molecular complexity index is 542. The van der Waals surface area contributed by atoms with E-state index in [1.807, 2.05) is 30.1 Å². The molecule has 18 heavy (non-hydrogen) atoms. The molecule has 0 unspecified atom stereocenters. The first-order valence-electron chi connectivity index (χ1n) is 5.40. The van der Waals surface area contributed by atoms with Crippen molar-refractivity contribution in [1.82, 2.24) is 4.98 Å². The number of nitrogens with zero attached hydrogens (tertiary/aromatic N) is 2.